The molecule has 9 heteroatoms. The number of hydrogen-bond acceptors (Lipinski definition) is 8. The fraction of sp³-hybridized carbons (Fsp3) is 0.208. The number of nitrogens with zero attached hydrogens (tertiary/aromatic N) is 4. The quantitative estimate of drug-likeness (QED) is 0.405. The van der Waals surface area contributed by atoms with E-state index in [-0.39, 0.29) is 0 Å². The van der Waals surface area contributed by atoms with Gasteiger partial charge in [-0.05, 0) is 29.8 Å². The molecule has 0 saturated heterocycles. The first-order valence-electron chi connectivity index (χ1n) is 10.2. The second-order valence-corrected chi connectivity index (χ2v) is 7.20. The van der Waals surface area contributed by atoms with Crippen LogP contribution < -0.4 is 23.8 Å². The third kappa shape index (κ3) is 5.15. The van der Waals surface area contributed by atoms with Gasteiger partial charge in [-0.1, -0.05) is 12.1 Å². The SMILES string of the molecule is COc1cccc(CN(C)c2n[nH]c(-c3cccnc3Oc3cc(OC)cc(OC)c3)n2)c1. The molecule has 0 aliphatic heterocycles. The van der Waals surface area contributed by atoms with Crippen LogP contribution in [0, 0.1) is 0 Å². The largest absolute Gasteiger partial charge is 0.497 e. The van der Waals surface area contributed by atoms with E-state index in [0.717, 1.165) is 11.3 Å². The zero-order chi connectivity index (χ0) is 23.2. The van der Waals surface area contributed by atoms with Crippen LogP contribution in [0.2, 0.25) is 0 Å². The van der Waals surface area contributed by atoms with Gasteiger partial charge in [-0.3, -0.25) is 5.10 Å². The first-order chi connectivity index (χ1) is 16.1. The number of ether oxygens (including phenoxy) is 4. The number of methoxy groups -OCH3 is 3. The molecule has 1 N–H and O–H groups in total. The van der Waals surface area contributed by atoms with Crippen molar-refractivity contribution < 1.29 is 18.9 Å². The highest BCUT2D eigenvalue weighted by atomic mass is 16.5. The standard InChI is InChI=1S/C24H25N5O4/c1-29(15-16-7-5-8-17(11-16)30-2)24-26-22(27-28-24)21-9-6-10-25-23(21)33-20-13-18(31-3)12-19(14-20)32-4/h5-14H,15H2,1-4H3,(H,26,27,28). The van der Waals surface area contributed by atoms with Gasteiger partial charge in [-0.2, -0.15) is 4.98 Å². The zero-order valence-corrected chi connectivity index (χ0v) is 18.9. The van der Waals surface area contributed by atoms with Crippen LogP contribution in [0.15, 0.2) is 60.8 Å². The molecule has 4 aromatic rings. The van der Waals surface area contributed by atoms with Gasteiger partial charge in [0.2, 0.25) is 11.8 Å². The van der Waals surface area contributed by atoms with E-state index in [2.05, 4.69) is 20.2 Å². The highest BCUT2D eigenvalue weighted by Crippen LogP contribution is 2.34. The number of aromatic amines is 1. The second-order valence-electron chi connectivity index (χ2n) is 7.20. The minimum absolute atomic E-state index is 0.381. The Bertz CT molecular complexity index is 1200. The third-order valence-corrected chi connectivity index (χ3v) is 4.93. The predicted molar refractivity (Wildman–Crippen MR) is 124 cm³/mol. The first kappa shape index (κ1) is 21.9. The van der Waals surface area contributed by atoms with Crippen molar-refractivity contribution in [3.05, 3.63) is 66.4 Å². The molecule has 9 nitrogen and oxygen atoms in total. The van der Waals surface area contributed by atoms with E-state index < -0.39 is 0 Å². The van der Waals surface area contributed by atoms with Crippen molar-refractivity contribution >= 4 is 5.95 Å². The molecule has 0 aliphatic carbocycles. The maximum atomic E-state index is 6.05. The van der Waals surface area contributed by atoms with Gasteiger partial charge in [-0.25, -0.2) is 4.98 Å². The van der Waals surface area contributed by atoms with E-state index in [9.17, 15) is 0 Å². The van der Waals surface area contributed by atoms with Gasteiger partial charge in [-0.15, -0.1) is 5.10 Å². The molecular weight excluding hydrogens is 422 g/mol. The summed E-state index contributed by atoms with van der Waals surface area (Å²) in [6.07, 6.45) is 1.66. The van der Waals surface area contributed by atoms with Crippen LogP contribution in [0.3, 0.4) is 0 Å². The minimum atomic E-state index is 0.381. The lowest BCUT2D eigenvalue weighted by Crippen LogP contribution is -2.17. The molecule has 0 unspecified atom stereocenters. The van der Waals surface area contributed by atoms with E-state index >= 15 is 0 Å². The number of anilines is 1. The van der Waals surface area contributed by atoms with Crippen molar-refractivity contribution in [1.82, 2.24) is 20.2 Å². The van der Waals surface area contributed by atoms with Gasteiger partial charge in [0.05, 0.1) is 26.9 Å². The van der Waals surface area contributed by atoms with Gasteiger partial charge in [0, 0.05) is 38.0 Å². The summed E-state index contributed by atoms with van der Waals surface area (Å²) in [5, 5.41) is 7.36. The molecule has 2 aromatic heterocycles. The van der Waals surface area contributed by atoms with E-state index in [1.165, 1.54) is 0 Å². The lowest BCUT2D eigenvalue weighted by Gasteiger charge is -2.15. The van der Waals surface area contributed by atoms with E-state index in [1.807, 2.05) is 48.3 Å². The normalized spacial score (nSPS) is 10.5. The lowest BCUT2D eigenvalue weighted by molar-refractivity contribution is 0.385. The summed E-state index contributed by atoms with van der Waals surface area (Å²) in [5.74, 6) is 4.03. The van der Waals surface area contributed by atoms with Crippen molar-refractivity contribution in [2.45, 2.75) is 6.54 Å². The zero-order valence-electron chi connectivity index (χ0n) is 18.9. The summed E-state index contributed by atoms with van der Waals surface area (Å²) in [6.45, 7) is 0.620. The van der Waals surface area contributed by atoms with Gasteiger partial charge in [0.25, 0.3) is 0 Å². The number of pyridine rings is 1. The molecule has 33 heavy (non-hydrogen) atoms. The summed E-state index contributed by atoms with van der Waals surface area (Å²) >= 11 is 0. The molecular formula is C24H25N5O4. The number of hydrogen-bond donors (Lipinski definition) is 1. The van der Waals surface area contributed by atoms with E-state index in [1.54, 1.807) is 45.7 Å². The monoisotopic (exact) mass is 447 g/mol. The highest BCUT2D eigenvalue weighted by molar-refractivity contribution is 5.63. The summed E-state index contributed by atoms with van der Waals surface area (Å²) in [5.41, 5.74) is 1.76. The molecule has 0 bridgehead atoms. The average molecular weight is 447 g/mol. The van der Waals surface area contributed by atoms with Crippen molar-refractivity contribution in [3.8, 4) is 40.3 Å². The van der Waals surface area contributed by atoms with Crippen molar-refractivity contribution in [2.24, 2.45) is 0 Å². The minimum Gasteiger partial charge on any atom is -0.497 e. The van der Waals surface area contributed by atoms with Crippen LogP contribution >= 0.6 is 0 Å². The Balaban J connectivity index is 1.56. The Hall–Kier alpha value is -4.27. The Labute approximate surface area is 191 Å². The van der Waals surface area contributed by atoms with Gasteiger partial charge in [0.1, 0.15) is 23.0 Å². The van der Waals surface area contributed by atoms with Crippen LogP contribution in [0.25, 0.3) is 11.4 Å². The van der Waals surface area contributed by atoms with Crippen LogP contribution in [-0.2, 0) is 6.54 Å². The fourth-order valence-corrected chi connectivity index (χ4v) is 3.26. The van der Waals surface area contributed by atoms with Gasteiger partial charge < -0.3 is 23.8 Å². The van der Waals surface area contributed by atoms with Crippen LogP contribution in [0.5, 0.6) is 28.9 Å². The molecule has 4 rings (SSSR count). The first-order valence-corrected chi connectivity index (χ1v) is 10.2. The number of nitrogens with one attached hydrogen (secondary N) is 1. The topological polar surface area (TPSA) is 94.6 Å². The summed E-state index contributed by atoms with van der Waals surface area (Å²) in [6, 6.07) is 16.9. The number of benzene rings is 2. The molecule has 170 valence electrons. The molecule has 0 atom stereocenters. The molecule has 0 spiro atoms. The van der Waals surface area contributed by atoms with Crippen molar-refractivity contribution in [3.63, 3.8) is 0 Å². The predicted octanol–water partition coefficient (Wildman–Crippen LogP) is 4.32. The summed E-state index contributed by atoms with van der Waals surface area (Å²) < 4.78 is 22.0. The molecule has 0 radical (unpaired) electrons. The Kier molecular flexibility index (Phi) is 6.58. The highest BCUT2D eigenvalue weighted by Gasteiger charge is 2.16. The Morgan fingerprint density at radius 1 is 0.848 bits per heavy atom. The fourth-order valence-electron chi connectivity index (χ4n) is 3.26. The smallest absolute Gasteiger partial charge is 0.245 e. The van der Waals surface area contributed by atoms with Crippen LogP contribution in [0.1, 0.15) is 5.56 Å². The number of H-pyrrole nitrogens is 1. The third-order valence-electron chi connectivity index (χ3n) is 4.93. The van der Waals surface area contributed by atoms with Crippen molar-refractivity contribution in [1.29, 1.82) is 0 Å². The van der Waals surface area contributed by atoms with Gasteiger partial charge in [0.15, 0.2) is 5.82 Å². The summed E-state index contributed by atoms with van der Waals surface area (Å²) in [7, 11) is 6.75. The Morgan fingerprint density at radius 3 is 2.30 bits per heavy atom. The Morgan fingerprint density at radius 2 is 1.58 bits per heavy atom. The van der Waals surface area contributed by atoms with E-state index in [0.29, 0.717) is 47.0 Å². The van der Waals surface area contributed by atoms with Crippen molar-refractivity contribution in [2.75, 3.05) is 33.3 Å². The maximum absolute atomic E-state index is 6.05. The number of rotatable bonds is 9. The molecule has 2 heterocycles. The second kappa shape index (κ2) is 9.90. The van der Waals surface area contributed by atoms with Crippen LogP contribution in [0.4, 0.5) is 5.95 Å². The average Bonchev–Trinajstić information content (AvgIpc) is 3.34. The van der Waals surface area contributed by atoms with E-state index in [4.69, 9.17) is 18.9 Å². The molecule has 2 aromatic carbocycles. The number of aromatic nitrogens is 4. The van der Waals surface area contributed by atoms with Crippen LogP contribution in [-0.4, -0.2) is 48.5 Å². The molecule has 0 fully saturated rings. The molecule has 0 amide bonds. The maximum Gasteiger partial charge on any atom is 0.245 e. The molecule has 0 aliphatic rings. The summed E-state index contributed by atoms with van der Waals surface area (Å²) in [4.78, 5) is 11.0. The molecule has 0 saturated carbocycles. The lowest BCUT2D eigenvalue weighted by atomic mass is 10.2. The van der Waals surface area contributed by atoms with Gasteiger partial charge >= 0.3 is 0 Å².